The Kier molecular flexibility index (Phi) is 11.4. The molecule has 4 heteroatoms. The first kappa shape index (κ1) is 19.7. The molecule has 0 heterocycles. The van der Waals surface area contributed by atoms with Gasteiger partial charge in [0.15, 0.2) is 0 Å². The molecule has 0 bridgehead atoms. The first-order valence-corrected chi connectivity index (χ1v) is 14.3. The first-order chi connectivity index (χ1) is 8.12. The lowest BCUT2D eigenvalue weighted by Gasteiger charge is -2.13. The Balaban J connectivity index is 0. The van der Waals surface area contributed by atoms with Crippen LogP contribution in [-0.2, 0) is 0 Å². The van der Waals surface area contributed by atoms with Crippen LogP contribution in [0.2, 0.25) is 51.4 Å². The highest BCUT2D eigenvalue weighted by atomic mass is 28.3. The molecular weight excluding hydrogens is 252 g/mol. The van der Waals surface area contributed by atoms with Gasteiger partial charge in [-0.3, -0.25) is 0 Å². The molecule has 0 aliphatic carbocycles. The third-order valence-electron chi connectivity index (χ3n) is 2.43. The average Bonchev–Trinajstić information content (AvgIpc) is 2.16. The van der Waals surface area contributed by atoms with Crippen molar-refractivity contribution < 1.29 is 0 Å². The lowest BCUT2D eigenvalue weighted by atomic mass is 10.4. The predicted octanol–water partition coefficient (Wildman–Crippen LogP) is 5.26. The highest BCUT2D eigenvalue weighted by molar-refractivity contribution is 6.76. The number of hydrogen-bond donors (Lipinski definition) is 0. The Morgan fingerprint density at radius 1 is 0.667 bits per heavy atom. The van der Waals surface area contributed by atoms with Crippen LogP contribution in [0.3, 0.4) is 0 Å². The van der Waals surface area contributed by atoms with Gasteiger partial charge < -0.3 is 0 Å². The number of nitrogens with zero attached hydrogens (tertiary/aromatic N) is 2. The lowest BCUT2D eigenvalue weighted by molar-refractivity contribution is 0.944. The Bertz CT molecular complexity index is 244. The van der Waals surface area contributed by atoms with Gasteiger partial charge in [0.2, 0.25) is 0 Å². The Labute approximate surface area is 116 Å². The van der Waals surface area contributed by atoms with E-state index in [9.17, 15) is 0 Å². The van der Waals surface area contributed by atoms with Crippen molar-refractivity contribution in [3.63, 3.8) is 0 Å². The summed E-state index contributed by atoms with van der Waals surface area (Å²) in [6, 6.07) is 6.91. The minimum Gasteiger partial charge on any atom is -0.198 e. The standard InChI is InChI=1S/2C7H15NSi/c2*1-9(2,3)7-5-4-6-8/h2*4-5,7H2,1-3H3. The van der Waals surface area contributed by atoms with Crippen molar-refractivity contribution in [2.24, 2.45) is 0 Å². The molecule has 0 radical (unpaired) electrons. The van der Waals surface area contributed by atoms with Gasteiger partial charge in [-0.2, -0.15) is 10.5 Å². The zero-order valence-electron chi connectivity index (χ0n) is 13.1. The zero-order valence-corrected chi connectivity index (χ0v) is 15.1. The van der Waals surface area contributed by atoms with Crippen LogP contribution < -0.4 is 0 Å². The molecule has 2 nitrogen and oxygen atoms in total. The third kappa shape index (κ3) is 24.6. The highest BCUT2D eigenvalue weighted by Crippen LogP contribution is 2.12. The molecule has 0 aromatic carbocycles. The SMILES string of the molecule is C[Si](C)(C)CCCC#N.C[Si](C)(C)CCCC#N. The van der Waals surface area contributed by atoms with Crippen LogP contribution >= 0.6 is 0 Å². The first-order valence-electron chi connectivity index (χ1n) is 6.86. The van der Waals surface area contributed by atoms with E-state index in [1.165, 1.54) is 12.1 Å². The normalized spacial score (nSPS) is 10.9. The maximum atomic E-state index is 8.23. The fraction of sp³-hybridized carbons (Fsp3) is 0.857. The number of unbranched alkanes of at least 4 members (excludes halogenated alkanes) is 2. The van der Waals surface area contributed by atoms with E-state index >= 15 is 0 Å². The van der Waals surface area contributed by atoms with Crippen LogP contribution in [0.4, 0.5) is 0 Å². The predicted molar refractivity (Wildman–Crippen MR) is 86.0 cm³/mol. The van der Waals surface area contributed by atoms with Gasteiger partial charge in [-0.1, -0.05) is 51.4 Å². The van der Waals surface area contributed by atoms with Crippen molar-refractivity contribution >= 4 is 16.1 Å². The van der Waals surface area contributed by atoms with Crippen LogP contribution in [0.5, 0.6) is 0 Å². The number of rotatable bonds is 6. The molecule has 0 unspecified atom stereocenters. The summed E-state index contributed by atoms with van der Waals surface area (Å²) in [4.78, 5) is 0. The molecule has 104 valence electrons. The second-order valence-electron chi connectivity index (χ2n) is 7.14. The van der Waals surface area contributed by atoms with Crippen molar-refractivity contribution in [1.82, 2.24) is 0 Å². The van der Waals surface area contributed by atoms with E-state index in [0.29, 0.717) is 0 Å². The van der Waals surface area contributed by atoms with E-state index in [2.05, 4.69) is 51.4 Å². The fourth-order valence-corrected chi connectivity index (χ4v) is 3.87. The van der Waals surface area contributed by atoms with Crippen LogP contribution in [0.25, 0.3) is 0 Å². The molecule has 0 rings (SSSR count). The molecule has 0 saturated carbocycles. The molecule has 0 fully saturated rings. The van der Waals surface area contributed by atoms with Gasteiger partial charge in [-0.15, -0.1) is 0 Å². The van der Waals surface area contributed by atoms with Crippen LogP contribution in [0, 0.1) is 22.7 Å². The molecule has 18 heavy (non-hydrogen) atoms. The lowest BCUT2D eigenvalue weighted by Crippen LogP contribution is -2.18. The maximum absolute atomic E-state index is 8.23. The molecule has 0 N–H and O–H groups in total. The molecule has 0 aliphatic rings. The summed E-state index contributed by atoms with van der Waals surface area (Å²) in [5.74, 6) is 0. The molecule has 0 atom stereocenters. The van der Waals surface area contributed by atoms with Crippen LogP contribution in [-0.4, -0.2) is 16.1 Å². The van der Waals surface area contributed by atoms with Crippen molar-refractivity contribution in [3.8, 4) is 12.1 Å². The topological polar surface area (TPSA) is 47.6 Å². The molecule has 0 aliphatic heterocycles. The molecular formula is C14H30N2Si2. The van der Waals surface area contributed by atoms with E-state index in [0.717, 1.165) is 25.7 Å². The summed E-state index contributed by atoms with van der Waals surface area (Å²) < 4.78 is 0. The van der Waals surface area contributed by atoms with Gasteiger partial charge in [-0.05, 0) is 12.8 Å². The maximum Gasteiger partial charge on any atom is 0.0621 e. The van der Waals surface area contributed by atoms with Gasteiger partial charge in [0.05, 0.1) is 12.1 Å². The molecule has 0 spiro atoms. The Morgan fingerprint density at radius 3 is 1.11 bits per heavy atom. The molecule has 0 aromatic rings. The van der Waals surface area contributed by atoms with Gasteiger partial charge in [0.1, 0.15) is 0 Å². The second-order valence-corrected chi connectivity index (χ2v) is 18.4. The van der Waals surface area contributed by atoms with Gasteiger partial charge in [0, 0.05) is 29.0 Å². The minimum absolute atomic E-state index is 0.740. The van der Waals surface area contributed by atoms with E-state index in [4.69, 9.17) is 10.5 Å². The van der Waals surface area contributed by atoms with Crippen LogP contribution in [0.1, 0.15) is 25.7 Å². The van der Waals surface area contributed by atoms with E-state index in [-0.39, 0.29) is 0 Å². The van der Waals surface area contributed by atoms with Crippen molar-refractivity contribution in [1.29, 1.82) is 10.5 Å². The monoisotopic (exact) mass is 282 g/mol. The quantitative estimate of drug-likeness (QED) is 0.493. The van der Waals surface area contributed by atoms with Gasteiger partial charge >= 0.3 is 0 Å². The highest BCUT2D eigenvalue weighted by Gasteiger charge is 2.11. The van der Waals surface area contributed by atoms with E-state index in [1.807, 2.05) is 0 Å². The summed E-state index contributed by atoms with van der Waals surface area (Å²) in [6.45, 7) is 14.0. The van der Waals surface area contributed by atoms with E-state index in [1.54, 1.807) is 0 Å². The number of nitriles is 2. The van der Waals surface area contributed by atoms with Crippen molar-refractivity contribution in [2.75, 3.05) is 0 Å². The smallest absolute Gasteiger partial charge is 0.0621 e. The van der Waals surface area contributed by atoms with Gasteiger partial charge in [0.25, 0.3) is 0 Å². The second kappa shape index (κ2) is 10.3. The number of hydrogen-bond acceptors (Lipinski definition) is 2. The third-order valence-corrected chi connectivity index (χ3v) is 6.14. The minimum atomic E-state index is -0.846. The largest absolute Gasteiger partial charge is 0.198 e. The van der Waals surface area contributed by atoms with Crippen LogP contribution in [0.15, 0.2) is 0 Å². The fourth-order valence-electron chi connectivity index (χ4n) is 1.40. The molecule has 0 saturated heterocycles. The molecule has 0 aromatic heterocycles. The summed E-state index contributed by atoms with van der Waals surface area (Å²) in [7, 11) is -1.69. The Hall–Kier alpha value is -0.586. The summed E-state index contributed by atoms with van der Waals surface area (Å²) in [5.41, 5.74) is 0. The summed E-state index contributed by atoms with van der Waals surface area (Å²) >= 11 is 0. The van der Waals surface area contributed by atoms with Gasteiger partial charge in [-0.25, -0.2) is 0 Å². The zero-order chi connectivity index (χ0) is 14.7. The van der Waals surface area contributed by atoms with E-state index < -0.39 is 16.1 Å². The molecule has 0 amide bonds. The Morgan fingerprint density at radius 2 is 0.944 bits per heavy atom. The average molecular weight is 283 g/mol. The summed E-state index contributed by atoms with van der Waals surface area (Å²) in [6.07, 6.45) is 3.69. The van der Waals surface area contributed by atoms with Crippen molar-refractivity contribution in [2.45, 2.75) is 77.1 Å². The summed E-state index contributed by atoms with van der Waals surface area (Å²) in [5, 5.41) is 16.5. The van der Waals surface area contributed by atoms with Crippen molar-refractivity contribution in [3.05, 3.63) is 0 Å².